The first-order chi connectivity index (χ1) is 8.47. The maximum Gasteiger partial charge on any atom is 0 e. The third-order valence-corrected chi connectivity index (χ3v) is 0.586. The molecule has 4 heteroatoms. The van der Waals surface area contributed by atoms with Gasteiger partial charge in [0.05, 0.1) is 0 Å². The maximum absolute atomic E-state index is 3.50. The van der Waals surface area contributed by atoms with E-state index in [0.717, 1.165) is 6.42 Å². The van der Waals surface area contributed by atoms with Crippen LogP contribution in [0.25, 0.3) is 16.0 Å². The fourth-order valence-electron chi connectivity index (χ4n) is 0.340. The number of rotatable bonds is 0. The van der Waals surface area contributed by atoms with Crippen LogP contribution in [-0.2, 0) is 25.8 Å². The smallest absolute Gasteiger partial charge is 0 e. The van der Waals surface area contributed by atoms with Crippen LogP contribution in [0.2, 0.25) is 0 Å². The Kier molecular flexibility index (Phi) is 71.3. The van der Waals surface area contributed by atoms with Gasteiger partial charge >= 0.3 is 0 Å². The zero-order chi connectivity index (χ0) is 15.2. The van der Waals surface area contributed by atoms with Crippen molar-refractivity contribution < 1.29 is 25.8 Å². The Morgan fingerprint density at radius 1 is 0.842 bits per heavy atom. The topological polar surface area (TPSA) is 42.3 Å². The Bertz CT molecular complexity index is 129. The zero-order valence-electron chi connectivity index (χ0n) is 14.3. The van der Waals surface area contributed by atoms with Crippen LogP contribution < -0.4 is 0 Å². The fourth-order valence-corrected chi connectivity index (χ4v) is 0.340. The first kappa shape index (κ1) is 31.6. The van der Waals surface area contributed by atoms with Gasteiger partial charge in [-0.1, -0.05) is 0 Å². The summed E-state index contributed by atoms with van der Waals surface area (Å²) in [5.41, 5.74) is 0. The summed E-state index contributed by atoms with van der Waals surface area (Å²) >= 11 is 0. The molecular weight excluding hydrogens is 401 g/mol. The van der Waals surface area contributed by atoms with Gasteiger partial charge in [-0.2, -0.15) is 69.1 Å². The Balaban J connectivity index is -0.0000000435. The molecule has 0 N–H and O–H groups in total. The van der Waals surface area contributed by atoms with Crippen molar-refractivity contribution in [2.45, 2.75) is 27.2 Å². The molecule has 1 aliphatic carbocycles. The first-order valence-corrected chi connectivity index (χ1v) is 5.90. The van der Waals surface area contributed by atoms with Crippen LogP contribution in [0.15, 0.2) is 18.2 Å². The zero-order valence-corrected chi connectivity index (χ0v) is 17.9. The van der Waals surface area contributed by atoms with E-state index in [4.69, 9.17) is 0 Å². The summed E-state index contributed by atoms with van der Waals surface area (Å²) in [7, 11) is 10.5. The van der Waals surface area contributed by atoms with Crippen molar-refractivity contribution in [3.8, 4) is 0 Å². The third-order valence-electron chi connectivity index (χ3n) is 0.586. The third kappa shape index (κ3) is 176. The van der Waals surface area contributed by atoms with Crippen LogP contribution in [0.1, 0.15) is 27.2 Å². The molecule has 0 saturated heterocycles. The first-order valence-electron chi connectivity index (χ1n) is 5.90. The summed E-state index contributed by atoms with van der Waals surface area (Å²) in [5.74, 6) is 1.42. The van der Waals surface area contributed by atoms with Crippen molar-refractivity contribution >= 4 is 0 Å². The molecule has 3 nitrogen and oxygen atoms in total. The second kappa shape index (κ2) is 42.9. The van der Waals surface area contributed by atoms with Crippen molar-refractivity contribution in [3.05, 3.63) is 46.2 Å². The number of hydrogen-bond acceptors (Lipinski definition) is 0. The summed E-state index contributed by atoms with van der Waals surface area (Å²) in [6.07, 6.45) is 10.0. The van der Waals surface area contributed by atoms with Crippen molar-refractivity contribution in [1.29, 1.82) is 0 Å². The summed E-state index contributed by atoms with van der Waals surface area (Å²) in [5, 5.41) is 10.5. The molecule has 19 heavy (non-hydrogen) atoms. The molecule has 0 fully saturated rings. The van der Waals surface area contributed by atoms with Gasteiger partial charge in [0.2, 0.25) is 0 Å². The van der Waals surface area contributed by atoms with E-state index in [-0.39, 0.29) is 25.8 Å². The molecule has 0 atom stereocenters. The quantitative estimate of drug-likeness (QED) is 0.390. The van der Waals surface area contributed by atoms with E-state index in [1.54, 1.807) is 42.3 Å². The normalized spacial score (nSPS) is 9.37. The summed E-state index contributed by atoms with van der Waals surface area (Å²) in [4.78, 5) is 0. The van der Waals surface area contributed by atoms with Gasteiger partial charge in [-0.25, -0.2) is 12.2 Å². The molecule has 0 bridgehead atoms. The minimum Gasteiger partial charge on any atom is -0.668 e. The SMILES string of the molecule is C[C-](C)C.C[N-]C.C[N-]C.C[N-]C.[C-]1=CC=CC1.[Hf]. The molecule has 0 aliphatic heterocycles. The second-order valence-electron chi connectivity index (χ2n) is 3.84. The summed E-state index contributed by atoms with van der Waals surface area (Å²) in [6, 6.07) is 0. The van der Waals surface area contributed by atoms with Gasteiger partial charge in [0, 0.05) is 25.8 Å². The van der Waals surface area contributed by atoms with Gasteiger partial charge in [0.1, 0.15) is 0 Å². The predicted molar refractivity (Wildman–Crippen MR) is 87.5 cm³/mol. The van der Waals surface area contributed by atoms with Gasteiger partial charge in [-0.05, 0) is 0 Å². The molecule has 1 aliphatic rings. The molecule has 116 valence electrons. The Hall–Kier alpha value is 0.230. The molecule has 0 saturated carbocycles. The molecule has 0 aromatic heterocycles. The molecule has 0 unspecified atom stereocenters. The van der Waals surface area contributed by atoms with Gasteiger partial charge in [-0.3, -0.25) is 6.08 Å². The van der Waals surface area contributed by atoms with Crippen LogP contribution in [-0.4, -0.2) is 42.3 Å². The number of allylic oxidation sites excluding steroid dienone is 4. The van der Waals surface area contributed by atoms with E-state index in [1.165, 1.54) is 5.92 Å². The average Bonchev–Trinajstić information content (AvgIpc) is 2.76. The van der Waals surface area contributed by atoms with Crippen LogP contribution in [0.3, 0.4) is 0 Å². The van der Waals surface area contributed by atoms with Crippen molar-refractivity contribution in [3.63, 3.8) is 0 Å². The number of hydrogen-bond donors (Lipinski definition) is 0. The minimum atomic E-state index is 0. The van der Waals surface area contributed by atoms with E-state index in [0.29, 0.717) is 0 Å². The molecule has 0 amide bonds. The van der Waals surface area contributed by atoms with Gasteiger partial charge in [0.25, 0.3) is 0 Å². The van der Waals surface area contributed by atoms with Gasteiger partial charge < -0.3 is 21.9 Å². The van der Waals surface area contributed by atoms with Crippen LogP contribution >= 0.6 is 0 Å². The fraction of sp³-hybridized carbons (Fsp3) is 0.667. The van der Waals surface area contributed by atoms with E-state index in [2.05, 4.69) is 48.9 Å². The van der Waals surface area contributed by atoms with Crippen LogP contribution in [0.5, 0.6) is 0 Å². The Labute approximate surface area is 141 Å². The van der Waals surface area contributed by atoms with E-state index in [9.17, 15) is 0 Å². The largest absolute Gasteiger partial charge is 0.668 e. The minimum absolute atomic E-state index is 0. The summed E-state index contributed by atoms with van der Waals surface area (Å²) in [6.45, 7) is 6.25. The van der Waals surface area contributed by atoms with Gasteiger partial charge in [0.15, 0.2) is 0 Å². The molecule has 0 aromatic rings. The maximum atomic E-state index is 3.50. The van der Waals surface area contributed by atoms with E-state index in [1.807, 2.05) is 12.2 Å². The van der Waals surface area contributed by atoms with Crippen molar-refractivity contribution in [2.24, 2.45) is 0 Å². The number of nitrogens with zero attached hydrogens (tertiary/aromatic N) is 3. The Morgan fingerprint density at radius 2 is 1.11 bits per heavy atom. The van der Waals surface area contributed by atoms with Crippen molar-refractivity contribution in [1.82, 2.24) is 0 Å². The molecule has 0 aromatic carbocycles. The van der Waals surface area contributed by atoms with Gasteiger partial charge in [-0.15, -0.1) is 6.42 Å². The molecule has 0 spiro atoms. The molecule has 0 radical (unpaired) electrons. The molecule has 0 heterocycles. The standard InChI is InChI=1S/C5H5.C4H9.3C2H6N.Hf/c1-2-4-5-3-1;1-4(2)3;3*1-3-2;/h1-3H,4H2;1-3H3;3*1-2H3;/q5*-1;. The monoisotopic (exact) mass is 434 g/mol. The molecular formula is C15H32HfN3-5. The second-order valence-corrected chi connectivity index (χ2v) is 3.84. The predicted octanol–water partition coefficient (Wildman–Crippen LogP) is 4.78. The van der Waals surface area contributed by atoms with E-state index < -0.39 is 0 Å². The summed E-state index contributed by atoms with van der Waals surface area (Å²) < 4.78 is 0. The molecule has 1 rings (SSSR count). The average molecular weight is 433 g/mol. The van der Waals surface area contributed by atoms with Crippen molar-refractivity contribution in [2.75, 3.05) is 42.3 Å². The van der Waals surface area contributed by atoms with Crippen LogP contribution in [0.4, 0.5) is 0 Å². The van der Waals surface area contributed by atoms with E-state index >= 15 is 0 Å². The Morgan fingerprint density at radius 3 is 1.16 bits per heavy atom. The van der Waals surface area contributed by atoms with Crippen LogP contribution in [0, 0.1) is 12.0 Å².